The number of hydrogen-bond donors (Lipinski definition) is 2. The van der Waals surface area contributed by atoms with Gasteiger partial charge in [-0.25, -0.2) is 0 Å². The number of hydrogen-bond acceptors (Lipinski definition) is 3. The van der Waals surface area contributed by atoms with Gasteiger partial charge in [-0.2, -0.15) is 0 Å². The van der Waals surface area contributed by atoms with E-state index >= 15 is 0 Å². The van der Waals surface area contributed by atoms with Gasteiger partial charge < -0.3 is 15.2 Å². The van der Waals surface area contributed by atoms with Crippen molar-refractivity contribution in [2.75, 3.05) is 13.7 Å². The number of benzene rings is 1. The van der Waals surface area contributed by atoms with Crippen molar-refractivity contribution in [3.8, 4) is 0 Å². The van der Waals surface area contributed by atoms with E-state index in [9.17, 15) is 5.11 Å². The molecule has 0 saturated carbocycles. The maximum Gasteiger partial charge on any atom is 0.0716 e. The molecule has 3 nitrogen and oxygen atoms in total. The van der Waals surface area contributed by atoms with Crippen LogP contribution in [-0.4, -0.2) is 24.9 Å². The van der Waals surface area contributed by atoms with Gasteiger partial charge in [0.1, 0.15) is 0 Å². The van der Waals surface area contributed by atoms with Gasteiger partial charge in [0.25, 0.3) is 0 Å². The topological polar surface area (TPSA) is 41.5 Å². The molecular formula is C12H17NO2. The monoisotopic (exact) mass is 207 g/mol. The fourth-order valence-corrected chi connectivity index (χ4v) is 2.12. The van der Waals surface area contributed by atoms with E-state index in [1.807, 2.05) is 12.1 Å². The predicted octanol–water partition coefficient (Wildman–Crippen LogP) is 1.23. The lowest BCUT2D eigenvalue weighted by atomic mass is 9.99. The Balaban J connectivity index is 2.19. The lowest BCUT2D eigenvalue weighted by molar-refractivity contribution is 0.182. The van der Waals surface area contributed by atoms with Gasteiger partial charge in [-0.1, -0.05) is 24.3 Å². The first-order valence-corrected chi connectivity index (χ1v) is 5.29. The Morgan fingerprint density at radius 2 is 2.27 bits per heavy atom. The van der Waals surface area contributed by atoms with Crippen molar-refractivity contribution < 1.29 is 9.84 Å². The zero-order valence-corrected chi connectivity index (χ0v) is 8.94. The largest absolute Gasteiger partial charge is 0.392 e. The van der Waals surface area contributed by atoms with Crippen LogP contribution in [0.5, 0.6) is 0 Å². The lowest BCUT2D eigenvalue weighted by Gasteiger charge is -2.15. The molecule has 2 rings (SSSR count). The molecule has 2 atom stereocenters. The molecule has 2 N–H and O–H groups in total. The summed E-state index contributed by atoms with van der Waals surface area (Å²) in [6, 6.07) is 8.49. The minimum Gasteiger partial charge on any atom is -0.392 e. The summed E-state index contributed by atoms with van der Waals surface area (Å²) in [6.45, 7) is 1.32. The van der Waals surface area contributed by atoms with E-state index in [-0.39, 0.29) is 12.1 Å². The maximum atomic E-state index is 9.49. The Morgan fingerprint density at radius 3 is 2.93 bits per heavy atom. The second-order valence-corrected chi connectivity index (χ2v) is 3.98. The molecule has 1 aliphatic heterocycles. The third-order valence-corrected chi connectivity index (χ3v) is 2.84. The van der Waals surface area contributed by atoms with Crippen molar-refractivity contribution in [2.24, 2.45) is 0 Å². The molecule has 2 unspecified atom stereocenters. The summed E-state index contributed by atoms with van der Waals surface area (Å²) < 4.78 is 5.16. The van der Waals surface area contributed by atoms with Crippen LogP contribution >= 0.6 is 0 Å². The SMILES string of the molecule is COCc1ccccc1C1CC(O)CN1. The Kier molecular flexibility index (Phi) is 3.36. The van der Waals surface area contributed by atoms with Crippen LogP contribution in [0.3, 0.4) is 0 Å². The highest BCUT2D eigenvalue weighted by Crippen LogP contribution is 2.26. The van der Waals surface area contributed by atoms with Gasteiger partial charge in [0, 0.05) is 19.7 Å². The predicted molar refractivity (Wildman–Crippen MR) is 58.5 cm³/mol. The normalized spacial score (nSPS) is 25.7. The number of rotatable bonds is 3. The molecule has 1 heterocycles. The molecular weight excluding hydrogens is 190 g/mol. The van der Waals surface area contributed by atoms with Crippen LogP contribution in [-0.2, 0) is 11.3 Å². The average Bonchev–Trinajstić information content (AvgIpc) is 2.66. The number of β-amino-alcohol motifs (C(OH)–C–C–N with tert-alkyl or cyclic N) is 1. The zero-order chi connectivity index (χ0) is 10.7. The van der Waals surface area contributed by atoms with Gasteiger partial charge in [0.2, 0.25) is 0 Å². The average molecular weight is 207 g/mol. The Bertz CT molecular complexity index is 327. The fourth-order valence-electron chi connectivity index (χ4n) is 2.12. The molecule has 0 aromatic heterocycles. The van der Waals surface area contributed by atoms with E-state index in [2.05, 4.69) is 17.4 Å². The standard InChI is InChI=1S/C12H17NO2/c1-15-8-9-4-2-3-5-11(9)12-6-10(14)7-13-12/h2-5,10,12-14H,6-8H2,1H3. The highest BCUT2D eigenvalue weighted by atomic mass is 16.5. The number of methoxy groups -OCH3 is 1. The van der Waals surface area contributed by atoms with Crippen LogP contribution < -0.4 is 5.32 Å². The second-order valence-electron chi connectivity index (χ2n) is 3.98. The van der Waals surface area contributed by atoms with Crippen molar-refractivity contribution in [2.45, 2.75) is 25.2 Å². The molecule has 0 radical (unpaired) electrons. The number of ether oxygens (including phenoxy) is 1. The fraction of sp³-hybridized carbons (Fsp3) is 0.500. The smallest absolute Gasteiger partial charge is 0.0716 e. The van der Waals surface area contributed by atoms with E-state index in [0.717, 1.165) is 6.42 Å². The summed E-state index contributed by atoms with van der Waals surface area (Å²) in [4.78, 5) is 0. The second kappa shape index (κ2) is 4.75. The molecule has 0 spiro atoms. The Hall–Kier alpha value is -0.900. The quantitative estimate of drug-likeness (QED) is 0.783. The highest BCUT2D eigenvalue weighted by Gasteiger charge is 2.24. The minimum atomic E-state index is -0.217. The van der Waals surface area contributed by atoms with E-state index in [1.165, 1.54) is 11.1 Å². The number of aliphatic hydroxyl groups is 1. The van der Waals surface area contributed by atoms with Gasteiger partial charge >= 0.3 is 0 Å². The van der Waals surface area contributed by atoms with E-state index in [1.54, 1.807) is 7.11 Å². The van der Waals surface area contributed by atoms with Crippen molar-refractivity contribution in [1.29, 1.82) is 0 Å². The first kappa shape index (κ1) is 10.6. The molecule has 0 aliphatic carbocycles. The van der Waals surface area contributed by atoms with Crippen LogP contribution in [0.1, 0.15) is 23.6 Å². The number of nitrogens with one attached hydrogen (secondary N) is 1. The molecule has 82 valence electrons. The van der Waals surface area contributed by atoms with Crippen molar-refractivity contribution in [3.05, 3.63) is 35.4 Å². The van der Waals surface area contributed by atoms with Gasteiger partial charge in [0.05, 0.1) is 12.7 Å². The molecule has 1 fully saturated rings. The van der Waals surface area contributed by atoms with Gasteiger partial charge in [-0.3, -0.25) is 0 Å². The molecule has 1 aromatic rings. The maximum absolute atomic E-state index is 9.49. The van der Waals surface area contributed by atoms with Crippen LogP contribution in [0.2, 0.25) is 0 Å². The van der Waals surface area contributed by atoms with Crippen molar-refractivity contribution in [3.63, 3.8) is 0 Å². The first-order valence-electron chi connectivity index (χ1n) is 5.29. The summed E-state index contributed by atoms with van der Waals surface area (Å²) in [5, 5.41) is 12.8. The van der Waals surface area contributed by atoms with E-state index in [0.29, 0.717) is 13.2 Å². The lowest BCUT2D eigenvalue weighted by Crippen LogP contribution is -2.16. The summed E-state index contributed by atoms with van der Waals surface area (Å²) in [7, 11) is 1.70. The summed E-state index contributed by atoms with van der Waals surface area (Å²) >= 11 is 0. The molecule has 1 aromatic carbocycles. The minimum absolute atomic E-state index is 0.217. The number of aliphatic hydroxyl groups excluding tert-OH is 1. The van der Waals surface area contributed by atoms with Crippen LogP contribution in [0.4, 0.5) is 0 Å². The summed E-state index contributed by atoms with van der Waals surface area (Å²) in [6.07, 6.45) is 0.575. The first-order chi connectivity index (χ1) is 7.31. The Labute approximate surface area is 90.1 Å². The van der Waals surface area contributed by atoms with Crippen LogP contribution in [0.15, 0.2) is 24.3 Å². The molecule has 0 amide bonds. The van der Waals surface area contributed by atoms with Crippen molar-refractivity contribution in [1.82, 2.24) is 5.32 Å². The molecule has 3 heteroatoms. The summed E-state index contributed by atoms with van der Waals surface area (Å²) in [5.74, 6) is 0. The molecule has 1 aliphatic rings. The third-order valence-electron chi connectivity index (χ3n) is 2.84. The molecule has 15 heavy (non-hydrogen) atoms. The molecule has 0 bridgehead atoms. The van der Waals surface area contributed by atoms with Gasteiger partial charge in [0.15, 0.2) is 0 Å². The van der Waals surface area contributed by atoms with Crippen molar-refractivity contribution >= 4 is 0 Å². The van der Waals surface area contributed by atoms with Crippen LogP contribution in [0, 0.1) is 0 Å². The Morgan fingerprint density at radius 1 is 1.47 bits per heavy atom. The summed E-state index contributed by atoms with van der Waals surface area (Å²) in [5.41, 5.74) is 2.45. The van der Waals surface area contributed by atoms with Crippen LogP contribution in [0.25, 0.3) is 0 Å². The van der Waals surface area contributed by atoms with E-state index in [4.69, 9.17) is 4.74 Å². The van der Waals surface area contributed by atoms with Gasteiger partial charge in [-0.15, -0.1) is 0 Å². The molecule has 1 saturated heterocycles. The van der Waals surface area contributed by atoms with E-state index < -0.39 is 0 Å². The zero-order valence-electron chi connectivity index (χ0n) is 8.94. The van der Waals surface area contributed by atoms with Gasteiger partial charge in [-0.05, 0) is 17.5 Å². The highest BCUT2D eigenvalue weighted by molar-refractivity contribution is 5.30. The third kappa shape index (κ3) is 2.37.